The van der Waals surface area contributed by atoms with E-state index in [9.17, 15) is 4.79 Å². The normalized spacial score (nSPS) is 10.9. The molecule has 0 aliphatic heterocycles. The third kappa shape index (κ3) is 4.81. The fourth-order valence-electron chi connectivity index (χ4n) is 2.20. The number of carbonyl (C=O) groups excluding carboxylic acids is 1. The predicted octanol–water partition coefficient (Wildman–Crippen LogP) is 3.49. The molecule has 6 heteroatoms. The minimum Gasteiger partial charge on any atom is -0.497 e. The summed E-state index contributed by atoms with van der Waals surface area (Å²) in [5.41, 5.74) is 4.29. The Hall–Kier alpha value is -2.86. The van der Waals surface area contributed by atoms with Gasteiger partial charge in [-0.2, -0.15) is 5.10 Å². The minimum atomic E-state index is -0.181. The fourth-order valence-corrected chi connectivity index (χ4v) is 2.87. The maximum absolute atomic E-state index is 11.9. The first-order valence-corrected chi connectivity index (χ1v) is 8.68. The summed E-state index contributed by atoms with van der Waals surface area (Å²) < 4.78 is 5.14. The number of rotatable bonds is 6. The summed E-state index contributed by atoms with van der Waals surface area (Å²) in [6, 6.07) is 19.2. The number of hydrazone groups is 1. The van der Waals surface area contributed by atoms with E-state index < -0.39 is 0 Å². The molecule has 3 aromatic rings. The average molecular weight is 351 g/mol. The lowest BCUT2D eigenvalue weighted by Gasteiger charge is -2.03. The van der Waals surface area contributed by atoms with Crippen LogP contribution in [0.2, 0.25) is 0 Å². The first-order chi connectivity index (χ1) is 12.2. The van der Waals surface area contributed by atoms with Crippen LogP contribution in [0.25, 0.3) is 10.9 Å². The maximum atomic E-state index is 11.9. The largest absolute Gasteiger partial charge is 0.497 e. The predicted molar refractivity (Wildman–Crippen MR) is 101 cm³/mol. The van der Waals surface area contributed by atoms with Crippen molar-refractivity contribution in [1.82, 2.24) is 10.4 Å². The Morgan fingerprint density at radius 1 is 1.20 bits per heavy atom. The summed E-state index contributed by atoms with van der Waals surface area (Å²) >= 11 is 1.38. The van der Waals surface area contributed by atoms with Gasteiger partial charge in [-0.15, -0.1) is 0 Å². The van der Waals surface area contributed by atoms with Crippen LogP contribution >= 0.6 is 11.8 Å². The molecule has 5 nitrogen and oxygen atoms in total. The van der Waals surface area contributed by atoms with Gasteiger partial charge < -0.3 is 4.74 Å². The van der Waals surface area contributed by atoms with Crippen LogP contribution in [0.4, 0.5) is 0 Å². The van der Waals surface area contributed by atoms with Crippen molar-refractivity contribution in [2.45, 2.75) is 5.03 Å². The van der Waals surface area contributed by atoms with Crippen molar-refractivity contribution in [3.05, 3.63) is 66.2 Å². The van der Waals surface area contributed by atoms with Crippen LogP contribution in [0.5, 0.6) is 5.75 Å². The Kier molecular flexibility index (Phi) is 5.64. The monoisotopic (exact) mass is 351 g/mol. The zero-order valence-corrected chi connectivity index (χ0v) is 14.5. The van der Waals surface area contributed by atoms with E-state index in [-0.39, 0.29) is 11.7 Å². The standard InChI is InChI=1S/C19H17N3O2S/c1-24-16-7-4-5-14(11-16)12-20-22-18(23)13-25-19-10-9-15-6-2-3-8-17(15)21-19/h2-12H,13H2,1H3,(H,22,23). The number of benzene rings is 2. The van der Waals surface area contributed by atoms with Crippen LogP contribution in [0.1, 0.15) is 5.56 Å². The van der Waals surface area contributed by atoms with Gasteiger partial charge in [0, 0.05) is 5.39 Å². The zero-order chi connectivity index (χ0) is 17.5. The molecule has 1 heterocycles. The number of hydrogen-bond donors (Lipinski definition) is 1. The second-order valence-electron chi connectivity index (χ2n) is 5.20. The lowest BCUT2D eigenvalue weighted by Crippen LogP contribution is -2.19. The van der Waals surface area contributed by atoms with Gasteiger partial charge in [-0.25, -0.2) is 10.4 Å². The SMILES string of the molecule is COc1cccc(C=NNC(=O)CSc2ccc3ccccc3n2)c1. The van der Waals surface area contributed by atoms with Gasteiger partial charge in [0.1, 0.15) is 5.75 Å². The second-order valence-corrected chi connectivity index (χ2v) is 6.20. The number of carbonyl (C=O) groups is 1. The molecule has 0 unspecified atom stereocenters. The molecule has 0 aliphatic carbocycles. The molecule has 0 fully saturated rings. The minimum absolute atomic E-state index is 0.181. The number of pyridine rings is 1. The first kappa shape index (κ1) is 17.0. The van der Waals surface area contributed by atoms with Crippen molar-refractivity contribution in [1.29, 1.82) is 0 Å². The molecule has 25 heavy (non-hydrogen) atoms. The van der Waals surface area contributed by atoms with E-state index in [2.05, 4.69) is 15.5 Å². The van der Waals surface area contributed by atoms with E-state index in [4.69, 9.17) is 4.74 Å². The topological polar surface area (TPSA) is 63.6 Å². The van der Waals surface area contributed by atoms with Crippen molar-refractivity contribution < 1.29 is 9.53 Å². The smallest absolute Gasteiger partial charge is 0.250 e. The highest BCUT2D eigenvalue weighted by atomic mass is 32.2. The van der Waals surface area contributed by atoms with Crippen molar-refractivity contribution in [3.63, 3.8) is 0 Å². The van der Waals surface area contributed by atoms with Gasteiger partial charge in [-0.1, -0.05) is 48.2 Å². The summed E-state index contributed by atoms with van der Waals surface area (Å²) in [4.78, 5) is 16.4. The summed E-state index contributed by atoms with van der Waals surface area (Å²) in [6.07, 6.45) is 1.58. The lowest BCUT2D eigenvalue weighted by molar-refractivity contribution is -0.118. The number of thioether (sulfide) groups is 1. The molecule has 1 amide bonds. The molecular formula is C19H17N3O2S. The van der Waals surface area contributed by atoms with E-state index in [0.29, 0.717) is 0 Å². The number of nitrogens with zero attached hydrogens (tertiary/aromatic N) is 2. The number of fused-ring (bicyclic) bond motifs is 1. The number of methoxy groups -OCH3 is 1. The van der Waals surface area contributed by atoms with Crippen molar-refractivity contribution in [3.8, 4) is 5.75 Å². The van der Waals surface area contributed by atoms with E-state index in [0.717, 1.165) is 27.2 Å². The van der Waals surface area contributed by atoms with E-state index in [1.807, 2.05) is 60.7 Å². The molecule has 126 valence electrons. The summed E-state index contributed by atoms with van der Waals surface area (Å²) in [6.45, 7) is 0. The lowest BCUT2D eigenvalue weighted by atomic mass is 10.2. The van der Waals surface area contributed by atoms with Crippen LogP contribution in [0.3, 0.4) is 0 Å². The molecule has 0 saturated carbocycles. The van der Waals surface area contributed by atoms with Crippen molar-refractivity contribution >= 4 is 34.8 Å². The van der Waals surface area contributed by atoms with E-state index in [1.165, 1.54) is 11.8 Å². The maximum Gasteiger partial charge on any atom is 0.250 e. The summed E-state index contributed by atoms with van der Waals surface area (Å²) in [5, 5.41) is 5.86. The quantitative estimate of drug-likeness (QED) is 0.419. The van der Waals surface area contributed by atoms with Crippen molar-refractivity contribution in [2.24, 2.45) is 5.10 Å². The Labute approximate surface area is 150 Å². The third-order valence-corrected chi connectivity index (χ3v) is 4.35. The average Bonchev–Trinajstić information content (AvgIpc) is 2.66. The number of nitrogens with one attached hydrogen (secondary N) is 1. The summed E-state index contributed by atoms with van der Waals surface area (Å²) in [7, 11) is 1.61. The summed E-state index contributed by atoms with van der Waals surface area (Å²) in [5.74, 6) is 0.813. The van der Waals surface area contributed by atoms with Gasteiger partial charge in [0.25, 0.3) is 0 Å². The van der Waals surface area contributed by atoms with Crippen molar-refractivity contribution in [2.75, 3.05) is 12.9 Å². The highest BCUT2D eigenvalue weighted by Gasteiger charge is 2.04. The molecule has 0 bridgehead atoms. The molecule has 1 N–H and O–H groups in total. The van der Waals surface area contributed by atoms with Gasteiger partial charge in [-0.3, -0.25) is 4.79 Å². The van der Waals surface area contributed by atoms with Crippen LogP contribution in [0, 0.1) is 0 Å². The Morgan fingerprint density at radius 3 is 2.96 bits per heavy atom. The van der Waals surface area contributed by atoms with Gasteiger partial charge >= 0.3 is 0 Å². The molecule has 0 aliphatic rings. The Morgan fingerprint density at radius 2 is 2.08 bits per heavy atom. The highest BCUT2D eigenvalue weighted by Crippen LogP contribution is 2.19. The molecule has 0 saturated heterocycles. The van der Waals surface area contributed by atoms with Gasteiger partial charge in [0.2, 0.25) is 5.91 Å². The Bertz CT molecular complexity index is 912. The van der Waals surface area contributed by atoms with Crippen LogP contribution in [-0.2, 0) is 4.79 Å². The molecule has 3 rings (SSSR count). The van der Waals surface area contributed by atoms with Gasteiger partial charge in [-0.05, 0) is 29.8 Å². The fraction of sp³-hybridized carbons (Fsp3) is 0.105. The number of hydrogen-bond acceptors (Lipinski definition) is 5. The molecule has 0 radical (unpaired) electrons. The molecule has 0 atom stereocenters. The number of ether oxygens (including phenoxy) is 1. The van der Waals surface area contributed by atoms with E-state index in [1.54, 1.807) is 13.3 Å². The van der Waals surface area contributed by atoms with Gasteiger partial charge in [0.15, 0.2) is 0 Å². The first-order valence-electron chi connectivity index (χ1n) is 7.69. The number of amides is 1. The number of para-hydroxylation sites is 1. The van der Waals surface area contributed by atoms with Gasteiger partial charge in [0.05, 0.1) is 29.6 Å². The molecule has 0 spiro atoms. The van der Waals surface area contributed by atoms with E-state index >= 15 is 0 Å². The Balaban J connectivity index is 1.52. The van der Waals surface area contributed by atoms with Crippen LogP contribution < -0.4 is 10.2 Å². The number of aromatic nitrogens is 1. The highest BCUT2D eigenvalue weighted by molar-refractivity contribution is 7.99. The molecular weight excluding hydrogens is 334 g/mol. The third-order valence-electron chi connectivity index (χ3n) is 3.42. The van der Waals surface area contributed by atoms with Crippen LogP contribution in [0.15, 0.2) is 70.8 Å². The van der Waals surface area contributed by atoms with Crippen LogP contribution in [-0.4, -0.2) is 30.0 Å². The molecule has 1 aromatic heterocycles. The molecule has 2 aromatic carbocycles. The zero-order valence-electron chi connectivity index (χ0n) is 13.7. The second kappa shape index (κ2) is 8.30.